The van der Waals surface area contributed by atoms with Gasteiger partial charge in [-0.1, -0.05) is 13.8 Å². The molecule has 14 heavy (non-hydrogen) atoms. The second kappa shape index (κ2) is 2.66. The molecule has 0 aromatic carbocycles. The number of halogens is 1. The summed E-state index contributed by atoms with van der Waals surface area (Å²) in [5, 5.41) is 0. The Hall–Kier alpha value is 0.210. The second-order valence-corrected chi connectivity index (χ2v) is 5.72. The number of rotatable bonds is 1. The highest BCUT2D eigenvalue weighted by Crippen LogP contribution is 2.74. The Morgan fingerprint density at radius 1 is 1.43 bits per heavy atom. The fraction of sp³-hybridized carbons (Fsp3) is 1.00. The predicted octanol–water partition coefficient (Wildman–Crippen LogP) is -2.17. The van der Waals surface area contributed by atoms with Crippen LogP contribution in [0.25, 0.3) is 0 Å². The van der Waals surface area contributed by atoms with Gasteiger partial charge in [0.25, 0.3) is 0 Å². The Morgan fingerprint density at radius 3 is 2.57 bits per heavy atom. The first kappa shape index (κ1) is 10.7. The molecule has 1 heterocycles. The maximum absolute atomic E-state index is 6.07. The molecule has 3 N–H and O–H groups in total. The van der Waals surface area contributed by atoms with Gasteiger partial charge in [0.05, 0.1) is 6.61 Å². The van der Waals surface area contributed by atoms with Gasteiger partial charge in [-0.15, -0.1) is 0 Å². The zero-order valence-electron chi connectivity index (χ0n) is 9.11. The van der Waals surface area contributed by atoms with Crippen LogP contribution in [0.3, 0.4) is 0 Å². The van der Waals surface area contributed by atoms with Crippen molar-refractivity contribution in [2.75, 3.05) is 13.2 Å². The first-order chi connectivity index (χ1) is 6.08. The molecule has 1 saturated heterocycles. The molecule has 0 aromatic rings. The van der Waals surface area contributed by atoms with Gasteiger partial charge in [0.15, 0.2) is 0 Å². The van der Waals surface area contributed by atoms with Crippen LogP contribution in [0.15, 0.2) is 0 Å². The van der Waals surface area contributed by atoms with Gasteiger partial charge in [0.1, 0.15) is 12.1 Å². The summed E-state index contributed by atoms with van der Waals surface area (Å²) in [7, 11) is 0. The summed E-state index contributed by atoms with van der Waals surface area (Å²) in [4.78, 5) is 0. The molecule has 2 nitrogen and oxygen atoms in total. The van der Waals surface area contributed by atoms with E-state index >= 15 is 0 Å². The quantitative estimate of drug-likeness (QED) is 0.533. The average Bonchev–Trinajstić information content (AvgIpc) is 2.58. The van der Waals surface area contributed by atoms with Crippen LogP contribution in [0.2, 0.25) is 0 Å². The van der Waals surface area contributed by atoms with Gasteiger partial charge >= 0.3 is 0 Å². The van der Waals surface area contributed by atoms with Crippen molar-refractivity contribution in [1.29, 1.82) is 0 Å². The molecule has 3 heteroatoms. The zero-order valence-corrected chi connectivity index (χ0v) is 9.86. The van der Waals surface area contributed by atoms with Gasteiger partial charge in [-0.05, 0) is 25.2 Å². The van der Waals surface area contributed by atoms with Crippen molar-refractivity contribution in [3.05, 3.63) is 0 Å². The Kier molecular flexibility index (Phi) is 2.04. The molecule has 2 aliphatic carbocycles. The maximum atomic E-state index is 6.07. The SMILES string of the molecule is CC12COC3(C[NH3+])CC1CCC32C.[Cl-]. The summed E-state index contributed by atoms with van der Waals surface area (Å²) in [5.41, 5.74) is 5.18. The molecule has 3 fully saturated rings. The van der Waals surface area contributed by atoms with Gasteiger partial charge in [-0.2, -0.15) is 0 Å². The second-order valence-electron chi connectivity index (χ2n) is 5.72. The molecular formula is C11H20ClNO. The van der Waals surface area contributed by atoms with Crippen molar-refractivity contribution >= 4 is 0 Å². The number of hydrogen-bond acceptors (Lipinski definition) is 1. The number of quaternary nitrogens is 1. The highest BCUT2D eigenvalue weighted by molar-refractivity contribution is 5.23. The monoisotopic (exact) mass is 217 g/mol. The molecule has 1 aliphatic heterocycles. The third-order valence-electron chi connectivity index (χ3n) is 5.79. The third-order valence-corrected chi connectivity index (χ3v) is 5.79. The maximum Gasteiger partial charge on any atom is 0.123 e. The Labute approximate surface area is 92.0 Å². The van der Waals surface area contributed by atoms with Crippen LogP contribution in [-0.2, 0) is 4.74 Å². The molecule has 4 unspecified atom stereocenters. The minimum absolute atomic E-state index is 0. The summed E-state index contributed by atoms with van der Waals surface area (Å²) in [5.74, 6) is 0.924. The molecule has 4 bridgehead atoms. The zero-order chi connectivity index (χ0) is 9.32. The first-order valence-electron chi connectivity index (χ1n) is 5.51. The van der Waals surface area contributed by atoms with Crippen LogP contribution in [-0.4, -0.2) is 18.8 Å². The van der Waals surface area contributed by atoms with Crippen molar-refractivity contribution in [3.63, 3.8) is 0 Å². The summed E-state index contributed by atoms with van der Waals surface area (Å²) in [6.07, 6.45) is 4.07. The normalized spacial score (nSPS) is 58.9. The Bertz CT molecular complexity index is 272. The molecule has 82 valence electrons. The Morgan fingerprint density at radius 2 is 2.14 bits per heavy atom. The van der Waals surface area contributed by atoms with E-state index in [0.29, 0.717) is 10.8 Å². The molecule has 0 amide bonds. The van der Waals surface area contributed by atoms with E-state index in [-0.39, 0.29) is 18.0 Å². The lowest BCUT2D eigenvalue weighted by atomic mass is 9.66. The fourth-order valence-corrected chi connectivity index (χ4v) is 4.45. The highest BCUT2D eigenvalue weighted by Gasteiger charge is 2.76. The van der Waals surface area contributed by atoms with Crippen LogP contribution in [0, 0.1) is 16.7 Å². The number of hydrogen-bond donors (Lipinski definition) is 1. The van der Waals surface area contributed by atoms with E-state index in [2.05, 4.69) is 19.6 Å². The lowest BCUT2D eigenvalue weighted by Crippen LogP contribution is -3.00. The van der Waals surface area contributed by atoms with Crippen LogP contribution in [0.5, 0.6) is 0 Å². The van der Waals surface area contributed by atoms with Gasteiger partial charge in [-0.25, -0.2) is 0 Å². The fourth-order valence-electron chi connectivity index (χ4n) is 4.45. The standard InChI is InChI=1S/C11H19NO.ClH/c1-9-7-13-11(6-12)5-8(9)3-4-10(9,11)2;/h8H,3-7,12H2,1-2H3;1H. The van der Waals surface area contributed by atoms with Crippen LogP contribution in [0.4, 0.5) is 0 Å². The lowest BCUT2D eigenvalue weighted by molar-refractivity contribution is -0.409. The van der Waals surface area contributed by atoms with Crippen LogP contribution >= 0.6 is 0 Å². The van der Waals surface area contributed by atoms with Crippen molar-refractivity contribution in [1.82, 2.24) is 0 Å². The number of ether oxygens (including phenoxy) is 1. The van der Waals surface area contributed by atoms with Gasteiger partial charge in [0.2, 0.25) is 0 Å². The average molecular weight is 218 g/mol. The van der Waals surface area contributed by atoms with Crippen molar-refractivity contribution in [2.45, 2.75) is 38.7 Å². The van der Waals surface area contributed by atoms with E-state index in [0.717, 1.165) is 19.1 Å². The molecule has 3 rings (SSSR count). The predicted molar refractivity (Wildman–Crippen MR) is 50.0 cm³/mol. The molecule has 3 aliphatic rings. The molecule has 0 spiro atoms. The first-order valence-corrected chi connectivity index (χ1v) is 5.51. The molecular weight excluding hydrogens is 198 g/mol. The lowest BCUT2D eigenvalue weighted by Gasteiger charge is -2.38. The summed E-state index contributed by atoms with van der Waals surface area (Å²) < 4.78 is 6.07. The third kappa shape index (κ3) is 0.751. The minimum Gasteiger partial charge on any atom is -1.00 e. The van der Waals surface area contributed by atoms with Gasteiger partial charge in [-0.3, -0.25) is 0 Å². The van der Waals surface area contributed by atoms with E-state index in [9.17, 15) is 0 Å². The van der Waals surface area contributed by atoms with E-state index in [4.69, 9.17) is 4.74 Å². The van der Waals surface area contributed by atoms with Crippen molar-refractivity contribution in [2.24, 2.45) is 16.7 Å². The van der Waals surface area contributed by atoms with Crippen LogP contribution in [0.1, 0.15) is 33.1 Å². The van der Waals surface area contributed by atoms with Gasteiger partial charge < -0.3 is 22.9 Å². The summed E-state index contributed by atoms with van der Waals surface area (Å²) in [6.45, 7) is 6.84. The molecule has 0 radical (unpaired) electrons. The summed E-state index contributed by atoms with van der Waals surface area (Å²) in [6, 6.07) is 0. The summed E-state index contributed by atoms with van der Waals surface area (Å²) >= 11 is 0. The Balaban J connectivity index is 0.000000750. The van der Waals surface area contributed by atoms with E-state index < -0.39 is 0 Å². The van der Waals surface area contributed by atoms with E-state index in [1.807, 2.05) is 0 Å². The minimum atomic E-state index is 0. The van der Waals surface area contributed by atoms with E-state index in [1.54, 1.807) is 0 Å². The van der Waals surface area contributed by atoms with Crippen molar-refractivity contribution < 1.29 is 22.9 Å². The smallest absolute Gasteiger partial charge is 0.123 e. The van der Waals surface area contributed by atoms with Crippen molar-refractivity contribution in [3.8, 4) is 0 Å². The van der Waals surface area contributed by atoms with Crippen LogP contribution < -0.4 is 18.1 Å². The highest BCUT2D eigenvalue weighted by atomic mass is 35.5. The topological polar surface area (TPSA) is 36.9 Å². The van der Waals surface area contributed by atoms with E-state index in [1.165, 1.54) is 19.3 Å². The molecule has 0 aromatic heterocycles. The largest absolute Gasteiger partial charge is 1.00 e. The van der Waals surface area contributed by atoms with Gasteiger partial charge in [0, 0.05) is 10.8 Å². The molecule has 2 saturated carbocycles. The molecule has 4 atom stereocenters.